The highest BCUT2D eigenvalue weighted by Crippen LogP contribution is 2.38. The predicted octanol–water partition coefficient (Wildman–Crippen LogP) is 5.25. The topological polar surface area (TPSA) is 120 Å². The summed E-state index contributed by atoms with van der Waals surface area (Å²) in [6, 6.07) is 25.7. The largest absolute Gasteiger partial charge is 0.392 e. The van der Waals surface area contributed by atoms with E-state index in [-0.39, 0.29) is 31.1 Å². The van der Waals surface area contributed by atoms with Crippen molar-refractivity contribution in [2.45, 2.75) is 70.2 Å². The summed E-state index contributed by atoms with van der Waals surface area (Å²) in [7, 11) is 2.09. The third-order valence-corrected chi connectivity index (χ3v) is 7.30. The summed E-state index contributed by atoms with van der Waals surface area (Å²) in [5.74, 6) is -0.524. The van der Waals surface area contributed by atoms with Gasteiger partial charge in [0.1, 0.15) is 0 Å². The maximum Gasteiger partial charge on any atom is 0.243 e. The smallest absolute Gasteiger partial charge is 0.243 e. The second-order valence-electron chi connectivity index (χ2n) is 10.8. The van der Waals surface area contributed by atoms with Gasteiger partial charge in [-0.15, -0.1) is 0 Å². The number of nitrogens with one attached hydrogen (secondary N) is 2. The van der Waals surface area contributed by atoms with Crippen LogP contribution in [0.25, 0.3) is 0 Å². The van der Waals surface area contributed by atoms with Gasteiger partial charge in [0.25, 0.3) is 0 Å². The van der Waals surface area contributed by atoms with Gasteiger partial charge < -0.3 is 19.9 Å². The average Bonchev–Trinajstić information content (AvgIpc) is 3.01. The Balaban J connectivity index is 1.41. The zero-order chi connectivity index (χ0) is 29.7. The van der Waals surface area contributed by atoms with Gasteiger partial charge in [-0.05, 0) is 48.7 Å². The van der Waals surface area contributed by atoms with Crippen LogP contribution in [0.5, 0.6) is 0 Å². The quantitative estimate of drug-likeness (QED) is 0.118. The maximum absolute atomic E-state index is 12.5. The molecule has 1 aliphatic rings. The van der Waals surface area contributed by atoms with E-state index in [1.165, 1.54) is 5.56 Å². The van der Waals surface area contributed by atoms with Crippen molar-refractivity contribution in [1.29, 1.82) is 0 Å². The minimum Gasteiger partial charge on any atom is -0.392 e. The number of anilines is 1. The molecule has 2 amide bonds. The van der Waals surface area contributed by atoms with Crippen LogP contribution in [0.15, 0.2) is 78.9 Å². The number of carbonyl (C=O) groups excluding carboxylic acids is 2. The van der Waals surface area contributed by atoms with Crippen LogP contribution in [0.2, 0.25) is 0 Å². The molecule has 9 heteroatoms. The number of unbranched alkanes of at least 4 members (excludes halogenated alkanes) is 2. The van der Waals surface area contributed by atoms with Crippen molar-refractivity contribution in [2.24, 2.45) is 0 Å². The van der Waals surface area contributed by atoms with E-state index in [2.05, 4.69) is 29.4 Å². The minimum atomic E-state index is -0.620. The molecule has 0 radical (unpaired) electrons. The van der Waals surface area contributed by atoms with Gasteiger partial charge in [0.05, 0.1) is 18.8 Å². The molecule has 0 spiro atoms. The standard InChI is InChI=1S/C33H41N3O6/c1-36(21-24-9-4-2-5-10-24)22-29-20-30(26-17-15-25(23-37)16-18-26)42-33(41-29)27-11-8-12-28(19-27)34-31(38)13-6-3-7-14-32(39)35-40/h2,4-5,8-12,15-19,29-30,33,37,40H,3,6-7,13-14,20-23H2,1H3,(H,34,38)(H,35,39). The first-order valence-electron chi connectivity index (χ1n) is 14.5. The van der Waals surface area contributed by atoms with Crippen LogP contribution in [0, 0.1) is 0 Å². The van der Waals surface area contributed by atoms with E-state index in [9.17, 15) is 14.7 Å². The molecule has 4 N–H and O–H groups in total. The molecular weight excluding hydrogens is 534 g/mol. The fraction of sp³-hybridized carbons (Fsp3) is 0.394. The number of rotatable bonds is 14. The van der Waals surface area contributed by atoms with E-state index in [0.29, 0.717) is 37.8 Å². The lowest BCUT2D eigenvalue weighted by Gasteiger charge is -2.38. The van der Waals surface area contributed by atoms with Gasteiger partial charge in [-0.2, -0.15) is 0 Å². The van der Waals surface area contributed by atoms with Crippen molar-refractivity contribution >= 4 is 17.5 Å². The van der Waals surface area contributed by atoms with Gasteiger partial charge in [-0.1, -0.05) is 73.2 Å². The van der Waals surface area contributed by atoms with Crippen LogP contribution in [-0.2, 0) is 32.2 Å². The molecular formula is C33H41N3O6. The Morgan fingerprint density at radius 1 is 0.857 bits per heavy atom. The predicted molar refractivity (Wildman–Crippen MR) is 159 cm³/mol. The summed E-state index contributed by atoms with van der Waals surface area (Å²) in [6.07, 6.45) is 2.32. The first-order valence-corrected chi connectivity index (χ1v) is 14.5. The second-order valence-corrected chi connectivity index (χ2v) is 10.8. The fourth-order valence-electron chi connectivity index (χ4n) is 5.13. The van der Waals surface area contributed by atoms with Gasteiger partial charge in [-0.3, -0.25) is 19.7 Å². The molecule has 4 rings (SSSR count). The molecule has 1 fully saturated rings. The second kappa shape index (κ2) is 16.1. The van der Waals surface area contributed by atoms with Crippen molar-refractivity contribution in [2.75, 3.05) is 18.9 Å². The number of ether oxygens (including phenoxy) is 2. The first kappa shape index (κ1) is 31.3. The number of aliphatic hydroxyl groups is 1. The highest BCUT2D eigenvalue weighted by molar-refractivity contribution is 5.90. The third kappa shape index (κ3) is 9.75. The molecule has 3 aromatic carbocycles. The molecule has 42 heavy (non-hydrogen) atoms. The molecule has 1 saturated heterocycles. The monoisotopic (exact) mass is 575 g/mol. The molecule has 0 aliphatic carbocycles. The Hall–Kier alpha value is -3.60. The van der Waals surface area contributed by atoms with Crippen molar-refractivity contribution in [3.63, 3.8) is 0 Å². The van der Waals surface area contributed by atoms with Crippen molar-refractivity contribution in [3.05, 3.63) is 101 Å². The van der Waals surface area contributed by atoms with E-state index in [0.717, 1.165) is 29.8 Å². The molecule has 1 heterocycles. The zero-order valence-corrected chi connectivity index (χ0v) is 24.1. The van der Waals surface area contributed by atoms with Crippen molar-refractivity contribution in [3.8, 4) is 0 Å². The van der Waals surface area contributed by atoms with E-state index in [4.69, 9.17) is 14.7 Å². The molecule has 9 nitrogen and oxygen atoms in total. The SMILES string of the molecule is CN(Cc1ccccc1)CC1CC(c2ccc(CO)cc2)OC(c2cccc(NC(=O)CCCCCC(=O)NO)c2)O1. The molecule has 3 atom stereocenters. The summed E-state index contributed by atoms with van der Waals surface area (Å²) in [5.41, 5.74) is 6.20. The Labute approximate surface area is 247 Å². The van der Waals surface area contributed by atoms with Crippen LogP contribution >= 0.6 is 0 Å². The molecule has 0 aromatic heterocycles. The Kier molecular flexibility index (Phi) is 12.0. The summed E-state index contributed by atoms with van der Waals surface area (Å²) in [4.78, 5) is 25.9. The minimum absolute atomic E-state index is 0.0101. The number of carbonyl (C=O) groups is 2. The molecule has 1 aliphatic heterocycles. The van der Waals surface area contributed by atoms with Gasteiger partial charge >= 0.3 is 0 Å². The molecule has 3 unspecified atom stereocenters. The van der Waals surface area contributed by atoms with Gasteiger partial charge in [0.2, 0.25) is 11.8 Å². The van der Waals surface area contributed by atoms with E-state index in [1.54, 1.807) is 5.48 Å². The highest BCUT2D eigenvalue weighted by atomic mass is 16.7. The Bertz CT molecular complexity index is 1270. The van der Waals surface area contributed by atoms with E-state index in [1.807, 2.05) is 66.7 Å². The molecule has 0 saturated carbocycles. The normalized spacial score (nSPS) is 18.5. The maximum atomic E-state index is 12.5. The number of aliphatic hydroxyl groups excluding tert-OH is 1. The third-order valence-electron chi connectivity index (χ3n) is 7.30. The Morgan fingerprint density at radius 2 is 1.60 bits per heavy atom. The van der Waals surface area contributed by atoms with Crippen LogP contribution in [0.1, 0.15) is 73.2 Å². The summed E-state index contributed by atoms with van der Waals surface area (Å²) >= 11 is 0. The average molecular weight is 576 g/mol. The van der Waals surface area contributed by atoms with Gasteiger partial charge in [0, 0.05) is 43.6 Å². The fourth-order valence-corrected chi connectivity index (χ4v) is 5.13. The first-order chi connectivity index (χ1) is 20.4. The number of hydrogen-bond acceptors (Lipinski definition) is 7. The summed E-state index contributed by atoms with van der Waals surface area (Å²) in [6.45, 7) is 1.51. The molecule has 224 valence electrons. The summed E-state index contributed by atoms with van der Waals surface area (Å²) < 4.78 is 13.0. The number of amides is 2. The number of nitrogens with zero attached hydrogens (tertiary/aromatic N) is 1. The highest BCUT2D eigenvalue weighted by Gasteiger charge is 2.33. The van der Waals surface area contributed by atoms with Crippen LogP contribution < -0.4 is 10.8 Å². The molecule has 3 aromatic rings. The van der Waals surface area contributed by atoms with Gasteiger partial charge in [0.15, 0.2) is 6.29 Å². The van der Waals surface area contributed by atoms with E-state index < -0.39 is 12.2 Å². The lowest BCUT2D eigenvalue weighted by molar-refractivity contribution is -0.252. The number of hydrogen-bond donors (Lipinski definition) is 4. The number of benzene rings is 3. The van der Waals surface area contributed by atoms with Crippen LogP contribution in [0.4, 0.5) is 5.69 Å². The van der Waals surface area contributed by atoms with Gasteiger partial charge in [-0.25, -0.2) is 5.48 Å². The van der Waals surface area contributed by atoms with Crippen LogP contribution in [-0.4, -0.2) is 46.7 Å². The number of hydroxylamine groups is 1. The van der Waals surface area contributed by atoms with Crippen molar-refractivity contribution in [1.82, 2.24) is 10.4 Å². The van der Waals surface area contributed by atoms with Crippen LogP contribution in [0.3, 0.4) is 0 Å². The summed E-state index contributed by atoms with van der Waals surface area (Å²) in [5, 5.41) is 21.0. The Morgan fingerprint density at radius 3 is 2.31 bits per heavy atom. The zero-order valence-electron chi connectivity index (χ0n) is 24.1. The molecule has 0 bridgehead atoms. The van der Waals surface area contributed by atoms with E-state index >= 15 is 0 Å². The van der Waals surface area contributed by atoms with Crippen molar-refractivity contribution < 1.29 is 29.4 Å². The number of likely N-dealkylation sites (N-methyl/N-ethyl adjacent to an activating group) is 1. The lowest BCUT2D eigenvalue weighted by Crippen LogP contribution is -2.37. The lowest BCUT2D eigenvalue weighted by atomic mass is 9.99.